The summed E-state index contributed by atoms with van der Waals surface area (Å²) in [5.41, 5.74) is 10.9. The molecule has 0 radical (unpaired) electrons. The van der Waals surface area contributed by atoms with Crippen molar-refractivity contribution in [1.29, 1.82) is 0 Å². The highest BCUT2D eigenvalue weighted by Crippen LogP contribution is 2.21. The molecule has 0 aliphatic rings. The van der Waals surface area contributed by atoms with Gasteiger partial charge >= 0.3 is 0 Å². The molecule has 0 unspecified atom stereocenters. The highest BCUT2D eigenvalue weighted by Gasteiger charge is 2.06. The Morgan fingerprint density at radius 1 is 1.20 bits per heavy atom. The van der Waals surface area contributed by atoms with Crippen molar-refractivity contribution in [3.8, 4) is 11.1 Å². The van der Waals surface area contributed by atoms with Gasteiger partial charge in [-0.25, -0.2) is 0 Å². The summed E-state index contributed by atoms with van der Waals surface area (Å²) < 4.78 is 3.80. The number of benzene rings is 1. The van der Waals surface area contributed by atoms with E-state index in [1.54, 1.807) is 0 Å². The largest absolute Gasteiger partial charge is 0.399 e. The van der Waals surface area contributed by atoms with Crippen LogP contribution >= 0.6 is 0 Å². The molecular weight excluding hydrogens is 250 g/mol. The second-order valence-electron chi connectivity index (χ2n) is 4.95. The summed E-state index contributed by atoms with van der Waals surface area (Å²) in [5, 5.41) is 8.75. The number of anilines is 1. The molecule has 5 heteroatoms. The fraction of sp³-hybridized carbons (Fsp3) is 0.200. The lowest BCUT2D eigenvalue weighted by Gasteiger charge is -2.02. The van der Waals surface area contributed by atoms with Gasteiger partial charge in [0.15, 0.2) is 0 Å². The molecule has 0 atom stereocenters. The lowest BCUT2D eigenvalue weighted by atomic mass is 10.1. The number of nitrogens with zero attached hydrogens (tertiary/aromatic N) is 4. The Hall–Kier alpha value is -2.56. The molecule has 2 N–H and O–H groups in total. The van der Waals surface area contributed by atoms with Crippen LogP contribution < -0.4 is 5.73 Å². The number of hydrogen-bond donors (Lipinski definition) is 1. The van der Waals surface area contributed by atoms with Crippen LogP contribution in [-0.4, -0.2) is 19.6 Å². The first-order valence-corrected chi connectivity index (χ1v) is 6.50. The Balaban J connectivity index is 1.85. The summed E-state index contributed by atoms with van der Waals surface area (Å²) in [6, 6.07) is 9.89. The van der Waals surface area contributed by atoms with E-state index < -0.39 is 0 Å². The van der Waals surface area contributed by atoms with E-state index in [1.165, 1.54) is 0 Å². The van der Waals surface area contributed by atoms with Crippen LogP contribution in [0.1, 0.15) is 11.4 Å². The predicted octanol–water partition coefficient (Wildman–Crippen LogP) is 2.22. The van der Waals surface area contributed by atoms with E-state index in [1.807, 2.05) is 60.0 Å². The van der Waals surface area contributed by atoms with Gasteiger partial charge in [0.2, 0.25) is 0 Å². The Labute approximate surface area is 117 Å². The molecule has 5 nitrogen and oxygen atoms in total. The van der Waals surface area contributed by atoms with Crippen LogP contribution in [0.4, 0.5) is 5.69 Å². The third kappa shape index (κ3) is 2.42. The van der Waals surface area contributed by atoms with E-state index in [-0.39, 0.29) is 0 Å². The molecule has 0 fully saturated rings. The molecule has 1 aromatic carbocycles. The van der Waals surface area contributed by atoms with Crippen molar-refractivity contribution >= 4 is 5.69 Å². The predicted molar refractivity (Wildman–Crippen MR) is 79.1 cm³/mol. The first-order valence-electron chi connectivity index (χ1n) is 6.50. The fourth-order valence-corrected chi connectivity index (χ4v) is 2.30. The van der Waals surface area contributed by atoms with Gasteiger partial charge in [-0.1, -0.05) is 12.1 Å². The Morgan fingerprint density at radius 3 is 2.75 bits per heavy atom. The second kappa shape index (κ2) is 4.85. The van der Waals surface area contributed by atoms with Crippen molar-refractivity contribution < 1.29 is 0 Å². The number of aromatic nitrogens is 4. The molecule has 0 saturated heterocycles. The molecule has 3 aromatic rings. The van der Waals surface area contributed by atoms with Gasteiger partial charge in [-0.15, -0.1) is 0 Å². The minimum atomic E-state index is 0.708. The van der Waals surface area contributed by atoms with Gasteiger partial charge in [0, 0.05) is 24.5 Å². The van der Waals surface area contributed by atoms with Crippen LogP contribution in [0.15, 0.2) is 42.7 Å². The highest BCUT2D eigenvalue weighted by molar-refractivity contribution is 5.65. The zero-order valence-electron chi connectivity index (χ0n) is 11.6. The van der Waals surface area contributed by atoms with Gasteiger partial charge in [0.1, 0.15) is 0 Å². The Bertz CT molecular complexity index is 738. The lowest BCUT2D eigenvalue weighted by Crippen LogP contribution is -2.05. The molecule has 0 aliphatic heterocycles. The molecule has 0 spiro atoms. The van der Waals surface area contributed by atoms with E-state index >= 15 is 0 Å². The van der Waals surface area contributed by atoms with Crippen molar-refractivity contribution in [2.24, 2.45) is 7.05 Å². The van der Waals surface area contributed by atoms with E-state index in [2.05, 4.69) is 16.3 Å². The number of rotatable bonds is 3. The third-order valence-electron chi connectivity index (χ3n) is 3.28. The molecule has 2 heterocycles. The normalized spacial score (nSPS) is 10.9. The van der Waals surface area contributed by atoms with E-state index in [0.717, 1.165) is 28.2 Å². The maximum atomic E-state index is 5.81. The summed E-state index contributed by atoms with van der Waals surface area (Å²) in [5.74, 6) is 0. The zero-order chi connectivity index (χ0) is 14.1. The van der Waals surface area contributed by atoms with Crippen molar-refractivity contribution in [2.45, 2.75) is 13.5 Å². The average Bonchev–Trinajstić information content (AvgIpc) is 2.97. The molecule has 3 rings (SSSR count). The SMILES string of the molecule is Cc1cc(Cn2cc(-c3cccc(N)c3)cn2)n(C)n1. The average molecular weight is 267 g/mol. The summed E-state index contributed by atoms with van der Waals surface area (Å²) in [4.78, 5) is 0. The number of hydrogen-bond acceptors (Lipinski definition) is 3. The summed E-state index contributed by atoms with van der Waals surface area (Å²) >= 11 is 0. The summed E-state index contributed by atoms with van der Waals surface area (Å²) in [6.45, 7) is 2.70. The van der Waals surface area contributed by atoms with Crippen molar-refractivity contribution in [1.82, 2.24) is 19.6 Å². The molecular formula is C15H17N5. The lowest BCUT2D eigenvalue weighted by molar-refractivity contribution is 0.619. The topological polar surface area (TPSA) is 61.7 Å². The molecule has 0 bridgehead atoms. The van der Waals surface area contributed by atoms with Gasteiger partial charge < -0.3 is 5.73 Å². The first kappa shape index (κ1) is 12.5. The molecule has 0 saturated carbocycles. The smallest absolute Gasteiger partial charge is 0.0828 e. The van der Waals surface area contributed by atoms with Gasteiger partial charge in [-0.05, 0) is 30.7 Å². The van der Waals surface area contributed by atoms with Crippen LogP contribution in [0.2, 0.25) is 0 Å². The van der Waals surface area contributed by atoms with E-state index in [0.29, 0.717) is 6.54 Å². The van der Waals surface area contributed by atoms with Crippen LogP contribution in [0.3, 0.4) is 0 Å². The summed E-state index contributed by atoms with van der Waals surface area (Å²) in [6.07, 6.45) is 3.88. The van der Waals surface area contributed by atoms with Crippen molar-refractivity contribution in [3.05, 3.63) is 54.1 Å². The standard InChI is InChI=1S/C15H17N5/c1-11-6-15(19(2)18-11)10-20-9-13(8-17-20)12-4-3-5-14(16)7-12/h3-9H,10,16H2,1-2H3. The summed E-state index contributed by atoms with van der Waals surface area (Å²) in [7, 11) is 1.95. The molecule has 0 aliphatic carbocycles. The quantitative estimate of drug-likeness (QED) is 0.740. The fourth-order valence-electron chi connectivity index (χ4n) is 2.30. The number of aryl methyl sites for hydroxylation is 2. The number of nitrogens with two attached hydrogens (primary N) is 1. The van der Waals surface area contributed by atoms with Gasteiger partial charge in [-0.3, -0.25) is 9.36 Å². The molecule has 20 heavy (non-hydrogen) atoms. The molecule has 2 aromatic heterocycles. The maximum Gasteiger partial charge on any atom is 0.0828 e. The molecule has 0 amide bonds. The van der Waals surface area contributed by atoms with Crippen molar-refractivity contribution in [2.75, 3.05) is 5.73 Å². The second-order valence-corrected chi connectivity index (χ2v) is 4.95. The number of nitrogen functional groups attached to an aromatic ring is 1. The van der Waals surface area contributed by atoms with Crippen LogP contribution in [-0.2, 0) is 13.6 Å². The van der Waals surface area contributed by atoms with Gasteiger partial charge in [0.05, 0.1) is 24.1 Å². The van der Waals surface area contributed by atoms with Gasteiger partial charge in [0.25, 0.3) is 0 Å². The zero-order valence-corrected chi connectivity index (χ0v) is 11.6. The Morgan fingerprint density at radius 2 is 2.05 bits per heavy atom. The molecule has 102 valence electrons. The van der Waals surface area contributed by atoms with Crippen LogP contribution in [0, 0.1) is 6.92 Å². The third-order valence-corrected chi connectivity index (χ3v) is 3.28. The van der Waals surface area contributed by atoms with Crippen LogP contribution in [0.25, 0.3) is 11.1 Å². The van der Waals surface area contributed by atoms with Gasteiger partial charge in [-0.2, -0.15) is 10.2 Å². The monoisotopic (exact) mass is 267 g/mol. The first-order chi connectivity index (χ1) is 9.61. The van der Waals surface area contributed by atoms with E-state index in [9.17, 15) is 0 Å². The van der Waals surface area contributed by atoms with E-state index in [4.69, 9.17) is 5.73 Å². The minimum absolute atomic E-state index is 0.708. The maximum absolute atomic E-state index is 5.81. The minimum Gasteiger partial charge on any atom is -0.399 e. The Kier molecular flexibility index (Phi) is 3.02. The van der Waals surface area contributed by atoms with Crippen LogP contribution in [0.5, 0.6) is 0 Å². The van der Waals surface area contributed by atoms with Crippen molar-refractivity contribution in [3.63, 3.8) is 0 Å². The highest BCUT2D eigenvalue weighted by atomic mass is 15.3.